The van der Waals surface area contributed by atoms with Crippen LogP contribution in [0.5, 0.6) is 0 Å². The number of aliphatic hydroxyl groups is 1. The molecule has 0 radical (unpaired) electrons. The number of rotatable bonds is 2. The summed E-state index contributed by atoms with van der Waals surface area (Å²) in [6, 6.07) is 0. The van der Waals surface area contributed by atoms with Gasteiger partial charge in [0.05, 0.1) is 6.10 Å². The smallest absolute Gasteiger partial charge is 0.0545 e. The fraction of sp³-hybridized carbons (Fsp3) is 1.00. The molecule has 0 amide bonds. The number of hydrogen-bond donors (Lipinski definition) is 1. The molecule has 12 heavy (non-hydrogen) atoms. The molecule has 1 rings (SSSR count). The molecule has 3 atom stereocenters. The van der Waals surface area contributed by atoms with Crippen LogP contribution < -0.4 is 0 Å². The minimum Gasteiger partial charge on any atom is -0.393 e. The predicted octanol–water partition coefficient (Wildman–Crippen LogP) is 2.83. The molecule has 0 aromatic heterocycles. The zero-order chi connectivity index (χ0) is 9.14. The fourth-order valence-electron chi connectivity index (χ4n) is 2.57. The zero-order valence-electron chi connectivity index (χ0n) is 8.59. The Kier molecular flexibility index (Phi) is 3.57. The first-order valence-electron chi connectivity index (χ1n) is 5.26. The van der Waals surface area contributed by atoms with Crippen LogP contribution in [0.4, 0.5) is 0 Å². The molecule has 1 heteroatoms. The highest BCUT2D eigenvalue weighted by molar-refractivity contribution is 4.76. The third-order valence-electron chi connectivity index (χ3n) is 2.82. The van der Waals surface area contributed by atoms with E-state index in [2.05, 4.69) is 20.8 Å². The molecule has 1 fully saturated rings. The van der Waals surface area contributed by atoms with Gasteiger partial charge >= 0.3 is 0 Å². The summed E-state index contributed by atoms with van der Waals surface area (Å²) in [4.78, 5) is 0. The number of hydrogen-bond acceptors (Lipinski definition) is 1. The van der Waals surface area contributed by atoms with Crippen molar-refractivity contribution in [3.8, 4) is 0 Å². The summed E-state index contributed by atoms with van der Waals surface area (Å²) in [7, 11) is 0. The molecule has 0 aromatic carbocycles. The van der Waals surface area contributed by atoms with E-state index in [0.29, 0.717) is 0 Å². The normalized spacial score (nSPS) is 37.2. The molecule has 0 spiro atoms. The van der Waals surface area contributed by atoms with Crippen molar-refractivity contribution in [3.05, 3.63) is 0 Å². The van der Waals surface area contributed by atoms with Gasteiger partial charge in [-0.05, 0) is 43.4 Å². The molecular formula is C11H22O. The Morgan fingerprint density at radius 2 is 1.92 bits per heavy atom. The van der Waals surface area contributed by atoms with Crippen molar-refractivity contribution in [2.24, 2.45) is 17.8 Å². The van der Waals surface area contributed by atoms with Crippen molar-refractivity contribution >= 4 is 0 Å². The Balaban J connectivity index is 2.34. The first-order valence-corrected chi connectivity index (χ1v) is 5.26. The summed E-state index contributed by atoms with van der Waals surface area (Å²) in [5.74, 6) is 2.30. The molecule has 3 unspecified atom stereocenters. The minimum atomic E-state index is -0.0162. The first kappa shape index (κ1) is 10.0. The molecule has 0 heterocycles. The molecule has 1 aliphatic rings. The molecule has 0 bridgehead atoms. The maximum Gasteiger partial charge on any atom is 0.0545 e. The average Bonchev–Trinajstić information content (AvgIpc) is 1.81. The van der Waals surface area contributed by atoms with Crippen LogP contribution in [0.15, 0.2) is 0 Å². The van der Waals surface area contributed by atoms with Crippen LogP contribution in [0.3, 0.4) is 0 Å². The van der Waals surface area contributed by atoms with Gasteiger partial charge in [0.2, 0.25) is 0 Å². The lowest BCUT2D eigenvalue weighted by Crippen LogP contribution is -2.25. The third-order valence-corrected chi connectivity index (χ3v) is 2.82. The lowest BCUT2D eigenvalue weighted by Gasteiger charge is -2.31. The first-order chi connectivity index (χ1) is 5.58. The van der Waals surface area contributed by atoms with Crippen molar-refractivity contribution in [2.45, 2.75) is 52.6 Å². The summed E-state index contributed by atoms with van der Waals surface area (Å²) in [6.07, 6.45) is 4.67. The second kappa shape index (κ2) is 4.27. The molecule has 1 aliphatic carbocycles. The highest BCUT2D eigenvalue weighted by Crippen LogP contribution is 2.32. The molecule has 1 saturated carbocycles. The molecule has 0 aromatic rings. The average molecular weight is 170 g/mol. The van der Waals surface area contributed by atoms with Crippen molar-refractivity contribution in [3.63, 3.8) is 0 Å². The van der Waals surface area contributed by atoms with Gasteiger partial charge in [-0.2, -0.15) is 0 Å². The minimum absolute atomic E-state index is 0.0162. The van der Waals surface area contributed by atoms with Crippen LogP contribution in [0.2, 0.25) is 0 Å². The van der Waals surface area contributed by atoms with Crippen LogP contribution in [0, 0.1) is 17.8 Å². The van der Waals surface area contributed by atoms with Gasteiger partial charge in [-0.3, -0.25) is 0 Å². The van der Waals surface area contributed by atoms with Gasteiger partial charge < -0.3 is 5.11 Å². The zero-order valence-corrected chi connectivity index (χ0v) is 8.59. The van der Waals surface area contributed by atoms with E-state index in [9.17, 15) is 5.11 Å². The van der Waals surface area contributed by atoms with Crippen molar-refractivity contribution in [2.75, 3.05) is 0 Å². The van der Waals surface area contributed by atoms with Gasteiger partial charge in [-0.15, -0.1) is 0 Å². The summed E-state index contributed by atoms with van der Waals surface area (Å²) in [6.45, 7) is 6.80. The highest BCUT2D eigenvalue weighted by atomic mass is 16.3. The third kappa shape index (κ3) is 3.14. The van der Waals surface area contributed by atoms with Gasteiger partial charge in [-0.1, -0.05) is 20.8 Å². The van der Waals surface area contributed by atoms with Crippen LogP contribution >= 0.6 is 0 Å². The van der Waals surface area contributed by atoms with Gasteiger partial charge in [-0.25, -0.2) is 0 Å². The van der Waals surface area contributed by atoms with Crippen LogP contribution in [-0.2, 0) is 0 Å². The number of aliphatic hydroxyl groups excluding tert-OH is 1. The molecule has 72 valence electrons. The van der Waals surface area contributed by atoms with E-state index >= 15 is 0 Å². The summed E-state index contributed by atoms with van der Waals surface area (Å²) >= 11 is 0. The van der Waals surface area contributed by atoms with Gasteiger partial charge in [0, 0.05) is 0 Å². The van der Waals surface area contributed by atoms with Crippen LogP contribution in [0.1, 0.15) is 46.5 Å². The second-order valence-corrected chi connectivity index (χ2v) is 4.96. The Morgan fingerprint density at radius 1 is 1.25 bits per heavy atom. The molecule has 1 N–H and O–H groups in total. The lowest BCUT2D eigenvalue weighted by molar-refractivity contribution is 0.0683. The second-order valence-electron chi connectivity index (χ2n) is 4.96. The Hall–Kier alpha value is -0.0400. The van der Waals surface area contributed by atoms with E-state index < -0.39 is 0 Å². The lowest BCUT2D eigenvalue weighted by atomic mass is 9.77. The van der Waals surface area contributed by atoms with E-state index in [1.165, 1.54) is 12.8 Å². The quantitative estimate of drug-likeness (QED) is 0.675. The maximum atomic E-state index is 9.56. The maximum absolute atomic E-state index is 9.56. The Labute approximate surface area is 76.2 Å². The van der Waals surface area contributed by atoms with Gasteiger partial charge in [0.1, 0.15) is 0 Å². The topological polar surface area (TPSA) is 20.2 Å². The summed E-state index contributed by atoms with van der Waals surface area (Å²) in [5.41, 5.74) is 0. The van der Waals surface area contributed by atoms with Crippen molar-refractivity contribution in [1.82, 2.24) is 0 Å². The standard InChI is InChI=1S/C11H22O/c1-8(2)4-10-5-9(3)6-11(12)7-10/h8-12H,4-7H2,1-3H3. The monoisotopic (exact) mass is 170 g/mol. The van der Waals surface area contributed by atoms with E-state index in [4.69, 9.17) is 0 Å². The van der Waals surface area contributed by atoms with Crippen LogP contribution in [-0.4, -0.2) is 11.2 Å². The largest absolute Gasteiger partial charge is 0.393 e. The van der Waals surface area contributed by atoms with E-state index in [1.807, 2.05) is 0 Å². The van der Waals surface area contributed by atoms with Crippen LogP contribution in [0.25, 0.3) is 0 Å². The molecule has 0 saturated heterocycles. The molecule has 0 aliphatic heterocycles. The van der Waals surface area contributed by atoms with E-state index in [-0.39, 0.29) is 6.10 Å². The molecular weight excluding hydrogens is 148 g/mol. The van der Waals surface area contributed by atoms with Gasteiger partial charge in [0.15, 0.2) is 0 Å². The van der Waals surface area contributed by atoms with E-state index in [1.54, 1.807) is 0 Å². The fourth-order valence-corrected chi connectivity index (χ4v) is 2.57. The molecule has 1 nitrogen and oxygen atoms in total. The predicted molar refractivity (Wildman–Crippen MR) is 52.0 cm³/mol. The van der Waals surface area contributed by atoms with Crippen molar-refractivity contribution in [1.29, 1.82) is 0 Å². The highest BCUT2D eigenvalue weighted by Gasteiger charge is 2.25. The SMILES string of the molecule is CC(C)CC1CC(C)CC(O)C1. The van der Waals surface area contributed by atoms with Gasteiger partial charge in [0.25, 0.3) is 0 Å². The Morgan fingerprint density at radius 3 is 2.42 bits per heavy atom. The summed E-state index contributed by atoms with van der Waals surface area (Å²) in [5, 5.41) is 9.56. The van der Waals surface area contributed by atoms with Crippen molar-refractivity contribution < 1.29 is 5.11 Å². The Bertz CT molecular complexity index is 118. The summed E-state index contributed by atoms with van der Waals surface area (Å²) < 4.78 is 0. The van der Waals surface area contributed by atoms with E-state index in [0.717, 1.165) is 30.6 Å².